The van der Waals surface area contributed by atoms with E-state index in [-0.39, 0.29) is 36.0 Å². The molecule has 0 aliphatic heterocycles. The monoisotopic (exact) mass is 333 g/mol. The molecule has 0 aliphatic rings. The second kappa shape index (κ2) is 8.05. The molecule has 7 heteroatoms. The fourth-order valence-corrected chi connectivity index (χ4v) is 1.97. The summed E-state index contributed by atoms with van der Waals surface area (Å²) in [6, 6.07) is 7.19. The molecule has 0 amide bonds. The van der Waals surface area contributed by atoms with Gasteiger partial charge in [-0.25, -0.2) is 19.0 Å². The van der Waals surface area contributed by atoms with Gasteiger partial charge in [-0.1, -0.05) is 12.1 Å². The van der Waals surface area contributed by atoms with Crippen LogP contribution in [0.15, 0.2) is 36.5 Å². The van der Waals surface area contributed by atoms with Gasteiger partial charge in [0.1, 0.15) is 5.82 Å². The normalized spacial score (nSPS) is 10.2. The van der Waals surface area contributed by atoms with Gasteiger partial charge in [0, 0.05) is 12.6 Å². The number of ether oxygens (including phenoxy) is 2. The Labute approximate surface area is 137 Å². The molecule has 126 valence electrons. The fourth-order valence-electron chi connectivity index (χ4n) is 1.97. The van der Waals surface area contributed by atoms with Crippen LogP contribution in [0.2, 0.25) is 0 Å². The van der Waals surface area contributed by atoms with Crippen LogP contribution < -0.4 is 4.74 Å². The number of halogens is 1. The molecule has 1 aromatic heterocycles. The molecule has 6 nitrogen and oxygen atoms in total. The van der Waals surface area contributed by atoms with Crippen LogP contribution in [0.5, 0.6) is 5.75 Å². The molecule has 1 N–H and O–H groups in total. The van der Waals surface area contributed by atoms with Crippen molar-refractivity contribution in [2.75, 3.05) is 13.2 Å². The smallest absolute Gasteiger partial charge is 0.358 e. The summed E-state index contributed by atoms with van der Waals surface area (Å²) in [6.07, 6.45) is 1.58. The molecule has 0 saturated carbocycles. The van der Waals surface area contributed by atoms with Crippen molar-refractivity contribution in [1.82, 2.24) is 4.98 Å². The summed E-state index contributed by atoms with van der Waals surface area (Å²) in [7, 11) is 0. The summed E-state index contributed by atoms with van der Waals surface area (Å²) in [5.41, 5.74) is 0.656. The van der Waals surface area contributed by atoms with Crippen LogP contribution >= 0.6 is 0 Å². The molecule has 1 aromatic carbocycles. The third kappa shape index (κ3) is 4.52. The number of carboxylic acid groups (broad SMARTS) is 1. The lowest BCUT2D eigenvalue weighted by atomic mass is 10.1. The van der Waals surface area contributed by atoms with Gasteiger partial charge in [0.25, 0.3) is 0 Å². The molecule has 0 saturated heterocycles. The average Bonchev–Trinajstić information content (AvgIpc) is 2.56. The number of rotatable bonds is 7. The maximum atomic E-state index is 12.8. The number of pyridine rings is 1. The molecule has 2 aromatic rings. The number of hydrogen-bond donors (Lipinski definition) is 1. The number of esters is 1. The van der Waals surface area contributed by atoms with Crippen LogP contribution in [0, 0.1) is 5.82 Å². The predicted molar refractivity (Wildman–Crippen MR) is 82.8 cm³/mol. The number of aromatic nitrogens is 1. The van der Waals surface area contributed by atoms with E-state index in [9.17, 15) is 14.0 Å². The first-order chi connectivity index (χ1) is 11.5. The van der Waals surface area contributed by atoms with Gasteiger partial charge in [0.2, 0.25) is 0 Å². The Hall–Kier alpha value is -2.96. The van der Waals surface area contributed by atoms with Crippen LogP contribution in [0.1, 0.15) is 33.3 Å². The van der Waals surface area contributed by atoms with Crippen LogP contribution in [0.4, 0.5) is 4.39 Å². The van der Waals surface area contributed by atoms with Gasteiger partial charge < -0.3 is 14.6 Å². The first-order valence-electron chi connectivity index (χ1n) is 7.29. The topological polar surface area (TPSA) is 85.7 Å². The number of carbonyl (C=O) groups is 2. The number of hydrogen-bond acceptors (Lipinski definition) is 5. The Morgan fingerprint density at radius 2 is 1.96 bits per heavy atom. The number of benzene rings is 1. The zero-order chi connectivity index (χ0) is 17.5. The lowest BCUT2D eigenvalue weighted by Crippen LogP contribution is -2.11. The van der Waals surface area contributed by atoms with Crippen molar-refractivity contribution in [1.29, 1.82) is 0 Å². The highest BCUT2D eigenvalue weighted by atomic mass is 19.1. The molecule has 0 aliphatic carbocycles. The van der Waals surface area contributed by atoms with Gasteiger partial charge in [-0.05, 0) is 30.7 Å². The van der Waals surface area contributed by atoms with E-state index in [4.69, 9.17) is 14.6 Å². The number of nitrogens with zero attached hydrogens (tertiary/aromatic N) is 1. The molecule has 0 bridgehead atoms. The summed E-state index contributed by atoms with van der Waals surface area (Å²) in [4.78, 5) is 26.6. The van der Waals surface area contributed by atoms with E-state index in [0.717, 1.165) is 11.8 Å². The minimum Gasteiger partial charge on any atom is -0.491 e. The summed E-state index contributed by atoms with van der Waals surface area (Å²) in [5.74, 6) is -2.22. The summed E-state index contributed by atoms with van der Waals surface area (Å²) in [5, 5.41) is 9.15. The molecule has 24 heavy (non-hydrogen) atoms. The highest BCUT2D eigenvalue weighted by molar-refractivity contribution is 5.93. The van der Waals surface area contributed by atoms with E-state index in [0.29, 0.717) is 6.42 Å². The molecule has 0 radical (unpaired) electrons. The van der Waals surface area contributed by atoms with Crippen molar-refractivity contribution in [3.05, 3.63) is 59.2 Å². The van der Waals surface area contributed by atoms with Crippen molar-refractivity contribution < 1.29 is 28.6 Å². The van der Waals surface area contributed by atoms with Gasteiger partial charge in [-0.2, -0.15) is 0 Å². The van der Waals surface area contributed by atoms with E-state index >= 15 is 0 Å². The third-order valence-electron chi connectivity index (χ3n) is 3.13. The van der Waals surface area contributed by atoms with Gasteiger partial charge in [-0.15, -0.1) is 0 Å². The zero-order valence-corrected chi connectivity index (χ0v) is 13.0. The quantitative estimate of drug-likeness (QED) is 0.784. The lowest BCUT2D eigenvalue weighted by Gasteiger charge is -2.10. The van der Waals surface area contributed by atoms with Gasteiger partial charge >= 0.3 is 11.9 Å². The van der Waals surface area contributed by atoms with E-state index < -0.39 is 11.9 Å². The van der Waals surface area contributed by atoms with E-state index in [1.807, 2.05) is 0 Å². The van der Waals surface area contributed by atoms with Crippen LogP contribution in [0.3, 0.4) is 0 Å². The first-order valence-corrected chi connectivity index (χ1v) is 7.29. The zero-order valence-electron chi connectivity index (χ0n) is 13.0. The van der Waals surface area contributed by atoms with Crippen molar-refractivity contribution in [3.8, 4) is 5.75 Å². The maximum absolute atomic E-state index is 12.8. The minimum atomic E-state index is -1.26. The predicted octanol–water partition coefficient (Wildman–Crippen LogP) is 2.72. The lowest BCUT2D eigenvalue weighted by molar-refractivity contribution is 0.0523. The van der Waals surface area contributed by atoms with E-state index in [2.05, 4.69) is 4.98 Å². The largest absolute Gasteiger partial charge is 0.491 e. The molecular formula is C17H16FNO5. The third-order valence-corrected chi connectivity index (χ3v) is 3.13. The number of carbonyl (C=O) groups excluding carboxylic acids is 1. The molecular weight excluding hydrogens is 317 g/mol. The summed E-state index contributed by atoms with van der Waals surface area (Å²) in [6.45, 7) is 2.01. The molecule has 0 spiro atoms. The van der Waals surface area contributed by atoms with Crippen molar-refractivity contribution in [3.63, 3.8) is 0 Å². The molecule has 0 atom stereocenters. The summed E-state index contributed by atoms with van der Waals surface area (Å²) < 4.78 is 23.2. The Bertz CT molecular complexity index is 730. The van der Waals surface area contributed by atoms with Crippen LogP contribution in [-0.2, 0) is 11.2 Å². The van der Waals surface area contributed by atoms with E-state index in [1.54, 1.807) is 19.1 Å². The SMILES string of the molecule is CCOC(=O)c1cnc(C(=O)O)c(OCCc2ccc(F)cc2)c1. The summed E-state index contributed by atoms with van der Waals surface area (Å²) >= 11 is 0. The molecule has 0 unspecified atom stereocenters. The van der Waals surface area contributed by atoms with Crippen molar-refractivity contribution in [2.45, 2.75) is 13.3 Å². The highest BCUT2D eigenvalue weighted by Crippen LogP contribution is 2.19. The Morgan fingerprint density at radius 1 is 1.25 bits per heavy atom. The Morgan fingerprint density at radius 3 is 2.58 bits per heavy atom. The van der Waals surface area contributed by atoms with E-state index in [1.165, 1.54) is 18.2 Å². The second-order valence-electron chi connectivity index (χ2n) is 4.82. The van der Waals surface area contributed by atoms with Gasteiger partial charge in [0.15, 0.2) is 11.4 Å². The van der Waals surface area contributed by atoms with Crippen LogP contribution in [-0.4, -0.2) is 35.2 Å². The minimum absolute atomic E-state index is 0.0184. The Kier molecular flexibility index (Phi) is 5.83. The molecule has 1 heterocycles. The van der Waals surface area contributed by atoms with Crippen LogP contribution in [0.25, 0.3) is 0 Å². The van der Waals surface area contributed by atoms with Gasteiger partial charge in [-0.3, -0.25) is 0 Å². The fraction of sp³-hybridized carbons (Fsp3) is 0.235. The number of aromatic carboxylic acids is 1. The van der Waals surface area contributed by atoms with Crippen molar-refractivity contribution >= 4 is 11.9 Å². The first kappa shape index (κ1) is 17.4. The highest BCUT2D eigenvalue weighted by Gasteiger charge is 2.17. The second-order valence-corrected chi connectivity index (χ2v) is 4.82. The molecule has 0 fully saturated rings. The molecule has 2 rings (SSSR count). The van der Waals surface area contributed by atoms with Crippen molar-refractivity contribution in [2.24, 2.45) is 0 Å². The standard InChI is InChI=1S/C17H16FNO5/c1-2-23-17(22)12-9-14(15(16(20)21)19-10-12)24-8-7-11-3-5-13(18)6-4-11/h3-6,9-10H,2,7-8H2,1H3,(H,20,21). The maximum Gasteiger partial charge on any atom is 0.358 e. The Balaban J connectivity index is 2.11. The van der Waals surface area contributed by atoms with Gasteiger partial charge in [0.05, 0.1) is 18.8 Å². The average molecular weight is 333 g/mol. The number of carboxylic acids is 1.